The monoisotopic (exact) mass is 254 g/mol. The van der Waals surface area contributed by atoms with Gasteiger partial charge < -0.3 is 18.9 Å². The lowest BCUT2D eigenvalue weighted by atomic mass is 10.2. The van der Waals surface area contributed by atoms with E-state index >= 15 is 0 Å². The summed E-state index contributed by atoms with van der Waals surface area (Å²) in [6.07, 6.45) is 0. The van der Waals surface area contributed by atoms with Crippen molar-refractivity contribution < 1.29 is 18.9 Å². The molecule has 1 rings (SSSR count). The summed E-state index contributed by atoms with van der Waals surface area (Å²) in [4.78, 5) is 0. The maximum atomic E-state index is 5.59. The molecule has 1 aromatic carbocycles. The Kier molecular flexibility index (Phi) is 6.36. The van der Waals surface area contributed by atoms with Gasteiger partial charge in [0.25, 0.3) is 0 Å². The lowest BCUT2D eigenvalue weighted by molar-refractivity contribution is 0.133. The topological polar surface area (TPSA) is 36.9 Å². The fraction of sp³-hybridized carbons (Fsp3) is 0.571. The van der Waals surface area contributed by atoms with Crippen LogP contribution < -0.4 is 14.2 Å². The first-order chi connectivity index (χ1) is 8.76. The molecule has 0 amide bonds. The van der Waals surface area contributed by atoms with Crippen LogP contribution in [-0.4, -0.2) is 26.9 Å². The average Bonchev–Trinajstić information content (AvgIpc) is 2.39. The standard InChI is InChI=1S/C14H22O4/c1-5-16-10-11-8-12(15-4)14(18-7-3)13(9-11)17-6-2/h8-9H,5-7,10H2,1-4H3. The Morgan fingerprint density at radius 2 is 1.56 bits per heavy atom. The smallest absolute Gasteiger partial charge is 0.203 e. The number of methoxy groups -OCH3 is 1. The molecule has 0 bridgehead atoms. The predicted molar refractivity (Wildman–Crippen MR) is 70.7 cm³/mol. The van der Waals surface area contributed by atoms with E-state index in [0.29, 0.717) is 43.7 Å². The highest BCUT2D eigenvalue weighted by Gasteiger charge is 2.14. The maximum Gasteiger partial charge on any atom is 0.203 e. The van der Waals surface area contributed by atoms with Crippen molar-refractivity contribution in [3.8, 4) is 17.2 Å². The molecule has 4 heteroatoms. The Balaban J connectivity index is 3.07. The molecule has 0 aliphatic carbocycles. The summed E-state index contributed by atoms with van der Waals surface area (Å²) in [6.45, 7) is 8.22. The third kappa shape index (κ3) is 3.81. The molecule has 4 nitrogen and oxygen atoms in total. The SMILES string of the molecule is CCOCc1cc(OC)c(OCC)c(OCC)c1. The summed E-state index contributed by atoms with van der Waals surface area (Å²) in [6, 6.07) is 3.86. The molecule has 0 saturated carbocycles. The van der Waals surface area contributed by atoms with Crippen LogP contribution in [-0.2, 0) is 11.3 Å². The van der Waals surface area contributed by atoms with Crippen LogP contribution in [0.4, 0.5) is 0 Å². The van der Waals surface area contributed by atoms with Crippen molar-refractivity contribution in [1.29, 1.82) is 0 Å². The van der Waals surface area contributed by atoms with E-state index in [1.54, 1.807) is 7.11 Å². The van der Waals surface area contributed by atoms with Crippen LogP contribution in [0.3, 0.4) is 0 Å². The number of benzene rings is 1. The van der Waals surface area contributed by atoms with Gasteiger partial charge in [-0.3, -0.25) is 0 Å². The zero-order valence-corrected chi connectivity index (χ0v) is 11.6. The summed E-state index contributed by atoms with van der Waals surface area (Å²) in [7, 11) is 1.62. The molecule has 0 atom stereocenters. The number of rotatable bonds is 8. The second-order valence-corrected chi connectivity index (χ2v) is 3.63. The van der Waals surface area contributed by atoms with Crippen LogP contribution in [0.15, 0.2) is 12.1 Å². The van der Waals surface area contributed by atoms with Gasteiger partial charge in [0, 0.05) is 6.61 Å². The predicted octanol–water partition coefficient (Wildman–Crippen LogP) is 3.03. The first-order valence-electron chi connectivity index (χ1n) is 6.30. The normalized spacial score (nSPS) is 10.2. The Morgan fingerprint density at radius 3 is 2.11 bits per heavy atom. The quantitative estimate of drug-likeness (QED) is 0.714. The number of ether oxygens (including phenoxy) is 4. The van der Waals surface area contributed by atoms with Crippen molar-refractivity contribution in [2.75, 3.05) is 26.9 Å². The zero-order valence-electron chi connectivity index (χ0n) is 11.6. The highest BCUT2D eigenvalue weighted by Crippen LogP contribution is 2.38. The van der Waals surface area contributed by atoms with Gasteiger partial charge in [0.1, 0.15) is 0 Å². The van der Waals surface area contributed by atoms with E-state index in [2.05, 4.69) is 0 Å². The zero-order chi connectivity index (χ0) is 13.4. The maximum absolute atomic E-state index is 5.59. The minimum Gasteiger partial charge on any atom is -0.493 e. The van der Waals surface area contributed by atoms with Crippen LogP contribution in [0, 0.1) is 0 Å². The molecular formula is C14H22O4. The van der Waals surface area contributed by atoms with Crippen LogP contribution in [0.1, 0.15) is 26.3 Å². The van der Waals surface area contributed by atoms with Crippen LogP contribution in [0.2, 0.25) is 0 Å². The fourth-order valence-corrected chi connectivity index (χ4v) is 1.64. The Bertz CT molecular complexity index is 363. The molecule has 0 aromatic heterocycles. The van der Waals surface area contributed by atoms with Gasteiger partial charge in [-0.1, -0.05) is 0 Å². The van der Waals surface area contributed by atoms with Crippen molar-refractivity contribution in [2.45, 2.75) is 27.4 Å². The van der Waals surface area contributed by atoms with Crippen molar-refractivity contribution in [1.82, 2.24) is 0 Å². The van der Waals surface area contributed by atoms with Gasteiger partial charge in [-0.25, -0.2) is 0 Å². The van der Waals surface area contributed by atoms with Crippen molar-refractivity contribution in [2.24, 2.45) is 0 Å². The lowest BCUT2D eigenvalue weighted by Gasteiger charge is -2.16. The minimum absolute atomic E-state index is 0.541. The molecule has 0 fully saturated rings. The van der Waals surface area contributed by atoms with Gasteiger partial charge >= 0.3 is 0 Å². The third-order valence-corrected chi connectivity index (χ3v) is 2.36. The second-order valence-electron chi connectivity index (χ2n) is 3.63. The Morgan fingerprint density at radius 1 is 0.889 bits per heavy atom. The largest absolute Gasteiger partial charge is 0.493 e. The molecule has 0 radical (unpaired) electrons. The summed E-state index contributed by atoms with van der Waals surface area (Å²) in [5.41, 5.74) is 1.01. The molecule has 0 N–H and O–H groups in total. The van der Waals surface area contributed by atoms with Gasteiger partial charge in [-0.2, -0.15) is 0 Å². The first kappa shape index (κ1) is 14.6. The first-order valence-corrected chi connectivity index (χ1v) is 6.30. The van der Waals surface area contributed by atoms with Crippen LogP contribution in [0.25, 0.3) is 0 Å². The van der Waals surface area contributed by atoms with Gasteiger partial charge in [0.05, 0.1) is 26.9 Å². The molecule has 0 aliphatic rings. The van der Waals surface area contributed by atoms with E-state index in [9.17, 15) is 0 Å². The van der Waals surface area contributed by atoms with E-state index < -0.39 is 0 Å². The van der Waals surface area contributed by atoms with Gasteiger partial charge in [0.15, 0.2) is 11.5 Å². The highest BCUT2D eigenvalue weighted by atomic mass is 16.5. The van der Waals surface area contributed by atoms with E-state index in [0.717, 1.165) is 5.56 Å². The van der Waals surface area contributed by atoms with Crippen molar-refractivity contribution in [3.05, 3.63) is 17.7 Å². The van der Waals surface area contributed by atoms with Gasteiger partial charge in [-0.05, 0) is 38.5 Å². The summed E-state index contributed by atoms with van der Waals surface area (Å²) in [5.74, 6) is 2.04. The molecule has 0 spiro atoms. The summed E-state index contributed by atoms with van der Waals surface area (Å²) < 4.78 is 21.9. The minimum atomic E-state index is 0.541. The molecule has 18 heavy (non-hydrogen) atoms. The molecular weight excluding hydrogens is 232 g/mol. The van der Waals surface area contributed by atoms with E-state index in [1.807, 2.05) is 32.9 Å². The van der Waals surface area contributed by atoms with Crippen LogP contribution >= 0.6 is 0 Å². The summed E-state index contributed by atoms with van der Waals surface area (Å²) in [5, 5.41) is 0. The molecule has 0 aliphatic heterocycles. The van der Waals surface area contributed by atoms with Crippen molar-refractivity contribution >= 4 is 0 Å². The fourth-order valence-electron chi connectivity index (χ4n) is 1.64. The summed E-state index contributed by atoms with van der Waals surface area (Å²) >= 11 is 0. The molecule has 102 valence electrons. The van der Waals surface area contributed by atoms with E-state index in [-0.39, 0.29) is 0 Å². The number of hydrogen-bond donors (Lipinski definition) is 0. The number of hydrogen-bond acceptors (Lipinski definition) is 4. The molecule has 1 aromatic rings. The Hall–Kier alpha value is -1.42. The van der Waals surface area contributed by atoms with E-state index in [1.165, 1.54) is 0 Å². The average molecular weight is 254 g/mol. The van der Waals surface area contributed by atoms with Gasteiger partial charge in [-0.15, -0.1) is 0 Å². The third-order valence-electron chi connectivity index (χ3n) is 2.36. The molecule has 0 saturated heterocycles. The van der Waals surface area contributed by atoms with E-state index in [4.69, 9.17) is 18.9 Å². The van der Waals surface area contributed by atoms with Gasteiger partial charge in [0.2, 0.25) is 5.75 Å². The highest BCUT2D eigenvalue weighted by molar-refractivity contribution is 5.53. The second kappa shape index (κ2) is 7.82. The molecule has 0 unspecified atom stereocenters. The van der Waals surface area contributed by atoms with Crippen LogP contribution in [0.5, 0.6) is 17.2 Å². The molecule has 0 heterocycles. The Labute approximate surface area is 109 Å². The van der Waals surface area contributed by atoms with Crippen molar-refractivity contribution in [3.63, 3.8) is 0 Å². The lowest BCUT2D eigenvalue weighted by Crippen LogP contribution is -2.02.